The van der Waals surface area contributed by atoms with Crippen LogP contribution in [0, 0.1) is 6.92 Å². The van der Waals surface area contributed by atoms with E-state index in [0.29, 0.717) is 23.7 Å². The fourth-order valence-corrected chi connectivity index (χ4v) is 4.23. The molecule has 3 aromatic carbocycles. The molecule has 1 aromatic heterocycles. The number of aryl methyl sites for hydroxylation is 1. The summed E-state index contributed by atoms with van der Waals surface area (Å²) < 4.78 is 33.0. The maximum Gasteiger partial charge on any atom is 0.411 e. The smallest absolute Gasteiger partial charge is 0.411 e. The Bertz CT molecular complexity index is 1440. The average Bonchev–Trinajstić information content (AvgIpc) is 3.12. The van der Waals surface area contributed by atoms with Crippen LogP contribution in [-0.4, -0.2) is 36.9 Å². The molecule has 1 amide bonds. The molecule has 0 aliphatic rings. The Morgan fingerprint density at radius 1 is 1.03 bits per heavy atom. The summed E-state index contributed by atoms with van der Waals surface area (Å²) >= 11 is 0. The minimum absolute atomic E-state index is 0.279. The average molecular weight is 479 g/mol. The molecule has 0 fully saturated rings. The van der Waals surface area contributed by atoms with Crippen LogP contribution in [0.2, 0.25) is 0 Å². The zero-order valence-electron chi connectivity index (χ0n) is 19.2. The number of carbonyl (C=O) groups excluding carboxylic acids is 1. The lowest BCUT2D eigenvalue weighted by atomic mass is 10.1. The molecule has 0 bridgehead atoms. The lowest BCUT2D eigenvalue weighted by molar-refractivity contribution is 0.168. The van der Waals surface area contributed by atoms with Crippen molar-refractivity contribution in [3.8, 4) is 11.4 Å². The SMILES string of the molecule is CCOC(=O)Nc1ccc2nc(-c3cccc(NS(C)(=O)=O)c3)n(Cc3ccc(C)cc3)c2c1. The molecule has 4 aromatic rings. The number of fused-ring (bicyclic) bond motifs is 1. The first-order valence-corrected chi connectivity index (χ1v) is 12.7. The van der Waals surface area contributed by atoms with Gasteiger partial charge in [-0.15, -0.1) is 0 Å². The van der Waals surface area contributed by atoms with E-state index >= 15 is 0 Å². The van der Waals surface area contributed by atoms with E-state index in [4.69, 9.17) is 9.72 Å². The van der Waals surface area contributed by atoms with E-state index in [2.05, 4.69) is 38.9 Å². The van der Waals surface area contributed by atoms with Gasteiger partial charge in [0.2, 0.25) is 10.0 Å². The number of imidazole rings is 1. The van der Waals surface area contributed by atoms with Crippen LogP contribution in [0.15, 0.2) is 66.7 Å². The van der Waals surface area contributed by atoms with Crippen LogP contribution in [0.4, 0.5) is 16.2 Å². The summed E-state index contributed by atoms with van der Waals surface area (Å²) in [4.78, 5) is 16.8. The molecule has 34 heavy (non-hydrogen) atoms. The van der Waals surface area contributed by atoms with Gasteiger partial charge in [0.1, 0.15) is 5.82 Å². The van der Waals surface area contributed by atoms with E-state index in [1.165, 1.54) is 5.56 Å². The van der Waals surface area contributed by atoms with Gasteiger partial charge < -0.3 is 9.30 Å². The van der Waals surface area contributed by atoms with Gasteiger partial charge in [0.25, 0.3) is 0 Å². The molecule has 0 aliphatic carbocycles. The minimum Gasteiger partial charge on any atom is -0.450 e. The van der Waals surface area contributed by atoms with E-state index in [1.807, 2.05) is 25.1 Å². The Morgan fingerprint density at radius 2 is 1.79 bits per heavy atom. The second-order valence-corrected chi connectivity index (χ2v) is 9.76. The number of carbonyl (C=O) groups is 1. The highest BCUT2D eigenvalue weighted by atomic mass is 32.2. The normalized spacial score (nSPS) is 11.4. The fourth-order valence-electron chi connectivity index (χ4n) is 3.68. The molecule has 0 atom stereocenters. The van der Waals surface area contributed by atoms with Gasteiger partial charge in [-0.1, -0.05) is 42.0 Å². The maximum absolute atomic E-state index is 11.9. The van der Waals surface area contributed by atoms with Crippen LogP contribution in [0.3, 0.4) is 0 Å². The van der Waals surface area contributed by atoms with Gasteiger partial charge in [-0.05, 0) is 49.7 Å². The minimum atomic E-state index is -3.41. The van der Waals surface area contributed by atoms with Gasteiger partial charge in [0.15, 0.2) is 0 Å². The lowest BCUT2D eigenvalue weighted by Crippen LogP contribution is -2.13. The molecule has 8 nitrogen and oxygen atoms in total. The van der Waals surface area contributed by atoms with Crippen molar-refractivity contribution in [1.29, 1.82) is 0 Å². The molecular formula is C25H26N4O4S. The first kappa shape index (κ1) is 23.3. The second-order valence-electron chi connectivity index (χ2n) is 8.01. The second kappa shape index (κ2) is 9.56. The molecular weight excluding hydrogens is 452 g/mol. The van der Waals surface area contributed by atoms with Crippen LogP contribution < -0.4 is 10.0 Å². The summed E-state index contributed by atoms with van der Waals surface area (Å²) in [7, 11) is -3.41. The largest absolute Gasteiger partial charge is 0.450 e. The van der Waals surface area contributed by atoms with E-state index in [-0.39, 0.29) is 6.61 Å². The van der Waals surface area contributed by atoms with Crippen LogP contribution in [-0.2, 0) is 21.3 Å². The van der Waals surface area contributed by atoms with Crippen LogP contribution in [0.5, 0.6) is 0 Å². The highest BCUT2D eigenvalue weighted by molar-refractivity contribution is 7.92. The van der Waals surface area contributed by atoms with Crippen molar-refractivity contribution in [1.82, 2.24) is 9.55 Å². The van der Waals surface area contributed by atoms with Crippen LogP contribution >= 0.6 is 0 Å². The van der Waals surface area contributed by atoms with E-state index in [9.17, 15) is 13.2 Å². The molecule has 9 heteroatoms. The van der Waals surface area contributed by atoms with Crippen molar-refractivity contribution in [2.45, 2.75) is 20.4 Å². The molecule has 0 saturated heterocycles. The number of hydrogen-bond donors (Lipinski definition) is 2. The Hall–Kier alpha value is -3.85. The number of rotatable bonds is 7. The number of nitrogens with zero attached hydrogens (tertiary/aromatic N) is 2. The standard InChI is InChI=1S/C25H26N4O4S/c1-4-33-25(30)26-20-12-13-22-23(15-20)29(16-18-10-8-17(2)9-11-18)24(27-22)19-6-5-7-21(14-19)28-34(3,31)32/h5-15,28H,4,16H2,1-3H3,(H,26,30). The number of ether oxygens (including phenoxy) is 1. The number of amides is 1. The third-order valence-corrected chi connectivity index (χ3v) is 5.76. The van der Waals surface area contributed by atoms with E-state index in [0.717, 1.165) is 28.4 Å². The third-order valence-electron chi connectivity index (χ3n) is 5.16. The van der Waals surface area contributed by atoms with Gasteiger partial charge in [0.05, 0.1) is 23.9 Å². The van der Waals surface area contributed by atoms with Gasteiger partial charge >= 0.3 is 6.09 Å². The predicted molar refractivity (Wildman–Crippen MR) is 135 cm³/mol. The van der Waals surface area contributed by atoms with Crippen LogP contribution in [0.1, 0.15) is 18.1 Å². The van der Waals surface area contributed by atoms with Crippen molar-refractivity contribution in [3.63, 3.8) is 0 Å². The third kappa shape index (κ3) is 5.55. The summed E-state index contributed by atoms with van der Waals surface area (Å²) in [6.45, 7) is 4.61. The highest BCUT2D eigenvalue weighted by Gasteiger charge is 2.16. The quantitative estimate of drug-likeness (QED) is 0.389. The highest BCUT2D eigenvalue weighted by Crippen LogP contribution is 2.29. The molecule has 0 aliphatic heterocycles. The molecule has 0 spiro atoms. The number of nitrogens with one attached hydrogen (secondary N) is 2. The summed E-state index contributed by atoms with van der Waals surface area (Å²) in [5.74, 6) is 0.681. The van der Waals surface area contributed by atoms with Gasteiger partial charge in [0, 0.05) is 23.5 Å². The molecule has 2 N–H and O–H groups in total. The monoisotopic (exact) mass is 478 g/mol. The molecule has 0 unspecified atom stereocenters. The molecule has 0 saturated carbocycles. The number of hydrogen-bond acceptors (Lipinski definition) is 5. The van der Waals surface area contributed by atoms with Gasteiger partial charge in [-0.3, -0.25) is 10.0 Å². The van der Waals surface area contributed by atoms with Crippen molar-refractivity contribution >= 4 is 38.5 Å². The Morgan fingerprint density at radius 3 is 2.50 bits per heavy atom. The molecule has 1 heterocycles. The number of benzene rings is 3. The first-order chi connectivity index (χ1) is 16.2. The summed E-state index contributed by atoms with van der Waals surface area (Å²) in [5, 5.41) is 2.74. The van der Waals surface area contributed by atoms with E-state index in [1.54, 1.807) is 31.2 Å². The van der Waals surface area contributed by atoms with Crippen molar-refractivity contribution in [2.75, 3.05) is 22.9 Å². The lowest BCUT2D eigenvalue weighted by Gasteiger charge is -2.12. The maximum atomic E-state index is 11.9. The Balaban J connectivity index is 1.82. The Labute approximate surface area is 198 Å². The fraction of sp³-hybridized carbons (Fsp3) is 0.200. The molecule has 176 valence electrons. The van der Waals surface area contributed by atoms with Crippen molar-refractivity contribution < 1.29 is 17.9 Å². The van der Waals surface area contributed by atoms with E-state index < -0.39 is 16.1 Å². The van der Waals surface area contributed by atoms with Crippen molar-refractivity contribution in [2.24, 2.45) is 0 Å². The van der Waals surface area contributed by atoms with Crippen LogP contribution in [0.25, 0.3) is 22.4 Å². The van der Waals surface area contributed by atoms with Gasteiger partial charge in [-0.25, -0.2) is 18.2 Å². The number of aromatic nitrogens is 2. The summed E-state index contributed by atoms with van der Waals surface area (Å²) in [6, 6.07) is 20.8. The summed E-state index contributed by atoms with van der Waals surface area (Å²) in [5.41, 5.74) is 5.63. The molecule has 4 rings (SSSR count). The summed E-state index contributed by atoms with van der Waals surface area (Å²) in [6.07, 6.45) is 0.593. The first-order valence-electron chi connectivity index (χ1n) is 10.8. The number of sulfonamides is 1. The van der Waals surface area contributed by atoms with Crippen molar-refractivity contribution in [3.05, 3.63) is 77.9 Å². The zero-order chi connectivity index (χ0) is 24.3. The topological polar surface area (TPSA) is 102 Å². The number of anilines is 2. The zero-order valence-corrected chi connectivity index (χ0v) is 20.0. The Kier molecular flexibility index (Phi) is 6.56. The predicted octanol–water partition coefficient (Wildman–Crippen LogP) is 5.00. The molecule has 0 radical (unpaired) electrons. The van der Waals surface area contributed by atoms with Gasteiger partial charge in [-0.2, -0.15) is 0 Å².